The normalized spacial score (nSPS) is 21.3. The molecule has 2 aliphatic heterocycles. The highest BCUT2D eigenvalue weighted by atomic mass is 79.9. The molecule has 1 unspecified atom stereocenters. The first-order valence-electron chi connectivity index (χ1n) is 8.90. The molecule has 0 radical (unpaired) electrons. The lowest BCUT2D eigenvalue weighted by atomic mass is 9.97. The average molecular weight is 437 g/mol. The summed E-state index contributed by atoms with van der Waals surface area (Å²) in [5.41, 5.74) is 1.90. The first-order valence-corrected chi connectivity index (χ1v) is 10.6. The zero-order valence-corrected chi connectivity index (χ0v) is 16.8. The van der Waals surface area contributed by atoms with Crippen LogP contribution < -0.4 is 0 Å². The molecule has 26 heavy (non-hydrogen) atoms. The van der Waals surface area contributed by atoms with Gasteiger partial charge in [0.05, 0.1) is 25.3 Å². The second-order valence-corrected chi connectivity index (χ2v) is 8.46. The van der Waals surface area contributed by atoms with E-state index in [1.165, 1.54) is 0 Å². The first kappa shape index (κ1) is 18.1. The molecule has 7 heteroatoms. The summed E-state index contributed by atoms with van der Waals surface area (Å²) in [5, 5.41) is 2.93. The van der Waals surface area contributed by atoms with Crippen LogP contribution in [0.3, 0.4) is 0 Å². The number of amides is 1. The molecule has 1 atom stereocenters. The third-order valence-corrected chi connectivity index (χ3v) is 6.23. The van der Waals surface area contributed by atoms with E-state index in [9.17, 15) is 4.79 Å². The fraction of sp³-hybridized carbons (Fsp3) is 0.474. The van der Waals surface area contributed by atoms with Gasteiger partial charge in [0.2, 0.25) is 5.91 Å². The van der Waals surface area contributed by atoms with E-state index in [1.807, 2.05) is 34.5 Å². The highest BCUT2D eigenvalue weighted by molar-refractivity contribution is 9.10. The number of ether oxygens (including phenoxy) is 2. The molecule has 2 aliphatic rings. The Kier molecular flexibility index (Phi) is 5.69. The number of halogens is 1. The molecule has 1 aromatic heterocycles. The van der Waals surface area contributed by atoms with Crippen LogP contribution in [0.4, 0.5) is 0 Å². The Bertz CT molecular complexity index is 776. The minimum Gasteiger partial charge on any atom is -0.350 e. The quantitative estimate of drug-likeness (QED) is 0.732. The Balaban J connectivity index is 1.38. The Morgan fingerprint density at radius 1 is 1.35 bits per heavy atom. The first-order chi connectivity index (χ1) is 12.7. The van der Waals surface area contributed by atoms with Crippen molar-refractivity contribution in [2.45, 2.75) is 25.6 Å². The number of carbonyl (C=O) groups is 1. The number of nitrogens with zero attached hydrogens (tertiary/aromatic N) is 2. The van der Waals surface area contributed by atoms with Crippen LogP contribution in [0.25, 0.3) is 10.6 Å². The second-order valence-electron chi connectivity index (χ2n) is 6.68. The van der Waals surface area contributed by atoms with Crippen molar-refractivity contribution in [3.05, 3.63) is 39.8 Å². The van der Waals surface area contributed by atoms with Crippen molar-refractivity contribution in [2.75, 3.05) is 26.3 Å². The number of aromatic nitrogens is 1. The number of carbonyl (C=O) groups excluding carboxylic acids is 1. The van der Waals surface area contributed by atoms with Gasteiger partial charge in [-0.05, 0) is 25.0 Å². The lowest BCUT2D eigenvalue weighted by molar-refractivity contribution is -0.138. The summed E-state index contributed by atoms with van der Waals surface area (Å²) in [7, 11) is 0. The van der Waals surface area contributed by atoms with E-state index < -0.39 is 0 Å². The lowest BCUT2D eigenvalue weighted by Crippen LogP contribution is -2.44. The number of hydrogen-bond donors (Lipinski definition) is 0. The van der Waals surface area contributed by atoms with Crippen LogP contribution in [-0.4, -0.2) is 48.4 Å². The largest absolute Gasteiger partial charge is 0.350 e. The van der Waals surface area contributed by atoms with Gasteiger partial charge in [0.1, 0.15) is 5.01 Å². The maximum Gasteiger partial charge on any atom is 0.228 e. The lowest BCUT2D eigenvalue weighted by Gasteiger charge is -2.34. The van der Waals surface area contributed by atoms with Crippen LogP contribution in [0.15, 0.2) is 34.1 Å². The van der Waals surface area contributed by atoms with E-state index in [0.717, 1.165) is 40.1 Å². The average Bonchev–Trinajstić information content (AvgIpc) is 3.34. The van der Waals surface area contributed by atoms with Crippen LogP contribution in [0.5, 0.6) is 0 Å². The molecule has 2 fully saturated rings. The van der Waals surface area contributed by atoms with Gasteiger partial charge in [-0.15, -0.1) is 11.3 Å². The molecule has 2 aromatic rings. The molecule has 2 saturated heterocycles. The predicted molar refractivity (Wildman–Crippen MR) is 104 cm³/mol. The van der Waals surface area contributed by atoms with Crippen LogP contribution in [0.2, 0.25) is 0 Å². The van der Waals surface area contributed by atoms with Gasteiger partial charge in [-0.25, -0.2) is 4.98 Å². The van der Waals surface area contributed by atoms with Gasteiger partial charge in [-0.3, -0.25) is 4.79 Å². The number of rotatable bonds is 4. The maximum absolute atomic E-state index is 12.7. The summed E-state index contributed by atoms with van der Waals surface area (Å²) in [6.45, 7) is 2.84. The van der Waals surface area contributed by atoms with E-state index in [0.29, 0.717) is 26.2 Å². The van der Waals surface area contributed by atoms with E-state index in [-0.39, 0.29) is 18.1 Å². The SMILES string of the molecule is O=C(Cc1csc(-c2cccc(Br)c2)n1)N1CCCC(C2OCCO2)C1. The third-order valence-electron chi connectivity index (χ3n) is 4.80. The Morgan fingerprint density at radius 3 is 3.00 bits per heavy atom. The minimum absolute atomic E-state index is 0.138. The van der Waals surface area contributed by atoms with E-state index in [2.05, 4.69) is 20.9 Å². The molecule has 1 amide bonds. The Labute approximate surface area is 165 Å². The predicted octanol–water partition coefficient (Wildman–Crippen LogP) is 3.73. The standard InChI is InChI=1S/C19H21BrN2O3S/c20-15-5-1-3-13(9-15)18-21-16(12-26-18)10-17(23)22-6-2-4-14(11-22)19-24-7-8-25-19/h1,3,5,9,12,14,19H,2,4,6-8,10-11H2. The molecule has 5 nitrogen and oxygen atoms in total. The summed E-state index contributed by atoms with van der Waals surface area (Å²) >= 11 is 5.07. The fourth-order valence-electron chi connectivity index (χ4n) is 3.52. The van der Waals surface area contributed by atoms with Crippen molar-refractivity contribution >= 4 is 33.2 Å². The Hall–Kier alpha value is -1.28. The minimum atomic E-state index is -0.145. The fourth-order valence-corrected chi connectivity index (χ4v) is 4.73. The van der Waals surface area contributed by atoms with Gasteiger partial charge in [0, 0.05) is 34.4 Å². The molecule has 0 spiro atoms. The second kappa shape index (κ2) is 8.17. The molecule has 138 valence electrons. The molecule has 0 N–H and O–H groups in total. The summed E-state index contributed by atoms with van der Waals surface area (Å²) in [6.07, 6.45) is 2.26. The summed E-state index contributed by atoms with van der Waals surface area (Å²) in [4.78, 5) is 19.3. The maximum atomic E-state index is 12.7. The summed E-state index contributed by atoms with van der Waals surface area (Å²) in [5.74, 6) is 0.418. The van der Waals surface area contributed by atoms with E-state index >= 15 is 0 Å². The van der Waals surface area contributed by atoms with E-state index in [4.69, 9.17) is 9.47 Å². The zero-order chi connectivity index (χ0) is 17.9. The van der Waals surface area contributed by atoms with Crippen molar-refractivity contribution in [3.8, 4) is 10.6 Å². The topological polar surface area (TPSA) is 51.7 Å². The summed E-state index contributed by atoms with van der Waals surface area (Å²) in [6, 6.07) is 8.06. The highest BCUT2D eigenvalue weighted by Crippen LogP contribution is 2.28. The molecular formula is C19H21BrN2O3S. The number of thiazole rings is 1. The molecule has 3 heterocycles. The van der Waals surface area contributed by atoms with Crippen molar-refractivity contribution in [2.24, 2.45) is 5.92 Å². The smallest absolute Gasteiger partial charge is 0.228 e. The van der Waals surface area contributed by atoms with Crippen LogP contribution in [0, 0.1) is 5.92 Å². The monoisotopic (exact) mass is 436 g/mol. The van der Waals surface area contributed by atoms with Gasteiger partial charge in [0.25, 0.3) is 0 Å². The van der Waals surface area contributed by atoms with Crippen molar-refractivity contribution in [1.82, 2.24) is 9.88 Å². The molecule has 4 rings (SSSR count). The van der Waals surface area contributed by atoms with Gasteiger partial charge in [-0.1, -0.05) is 28.1 Å². The summed E-state index contributed by atoms with van der Waals surface area (Å²) < 4.78 is 12.3. The molecule has 0 bridgehead atoms. The highest BCUT2D eigenvalue weighted by Gasteiger charge is 2.32. The third kappa shape index (κ3) is 4.17. The zero-order valence-electron chi connectivity index (χ0n) is 14.4. The number of benzene rings is 1. The van der Waals surface area contributed by atoms with Crippen LogP contribution in [0.1, 0.15) is 18.5 Å². The molecule has 0 aliphatic carbocycles. The van der Waals surface area contributed by atoms with Gasteiger partial charge < -0.3 is 14.4 Å². The van der Waals surface area contributed by atoms with Crippen LogP contribution in [-0.2, 0) is 20.7 Å². The van der Waals surface area contributed by atoms with Crippen molar-refractivity contribution < 1.29 is 14.3 Å². The number of piperidine rings is 1. The number of hydrogen-bond acceptors (Lipinski definition) is 5. The van der Waals surface area contributed by atoms with Gasteiger partial charge >= 0.3 is 0 Å². The van der Waals surface area contributed by atoms with Crippen molar-refractivity contribution in [3.63, 3.8) is 0 Å². The van der Waals surface area contributed by atoms with Crippen molar-refractivity contribution in [1.29, 1.82) is 0 Å². The molecule has 0 saturated carbocycles. The molecule has 1 aromatic carbocycles. The van der Waals surface area contributed by atoms with Gasteiger partial charge in [-0.2, -0.15) is 0 Å². The number of likely N-dealkylation sites (tertiary alicyclic amines) is 1. The van der Waals surface area contributed by atoms with E-state index in [1.54, 1.807) is 11.3 Å². The van der Waals surface area contributed by atoms with Gasteiger partial charge in [0.15, 0.2) is 6.29 Å². The van der Waals surface area contributed by atoms with Crippen LogP contribution >= 0.6 is 27.3 Å². The molecular weight excluding hydrogens is 416 g/mol. The Morgan fingerprint density at radius 2 is 2.19 bits per heavy atom.